The van der Waals surface area contributed by atoms with Gasteiger partial charge in [-0.2, -0.15) is 0 Å². The number of amides is 1. The summed E-state index contributed by atoms with van der Waals surface area (Å²) in [6.07, 6.45) is 6.04. The molecule has 0 aliphatic heterocycles. The number of anilines is 1. The van der Waals surface area contributed by atoms with Gasteiger partial charge in [0.05, 0.1) is 19.6 Å². The Morgan fingerprint density at radius 3 is 2.48 bits per heavy atom. The van der Waals surface area contributed by atoms with Gasteiger partial charge in [0, 0.05) is 11.8 Å². The van der Waals surface area contributed by atoms with Gasteiger partial charge in [-0.05, 0) is 53.9 Å². The monoisotopic (exact) mass is 419 g/mol. The van der Waals surface area contributed by atoms with E-state index in [1.54, 1.807) is 7.11 Å². The number of nitrogens with one attached hydrogen (secondary N) is 1. The lowest BCUT2D eigenvalue weighted by molar-refractivity contribution is -0.117. The van der Waals surface area contributed by atoms with Gasteiger partial charge in [-0.15, -0.1) is 0 Å². The summed E-state index contributed by atoms with van der Waals surface area (Å²) in [6, 6.07) is 19.7. The number of unbranched alkanes of at least 4 members (excludes halogenated alkanes) is 4. The second kappa shape index (κ2) is 11.4. The van der Waals surface area contributed by atoms with E-state index in [9.17, 15) is 4.79 Å². The fourth-order valence-electron chi connectivity index (χ4n) is 3.60. The Bertz CT molecular complexity index is 999. The van der Waals surface area contributed by atoms with Crippen molar-refractivity contribution in [2.24, 2.45) is 0 Å². The van der Waals surface area contributed by atoms with Gasteiger partial charge < -0.3 is 14.8 Å². The van der Waals surface area contributed by atoms with Crippen molar-refractivity contribution < 1.29 is 14.3 Å². The first-order chi connectivity index (χ1) is 15.1. The van der Waals surface area contributed by atoms with Crippen molar-refractivity contribution in [2.45, 2.75) is 51.9 Å². The first kappa shape index (κ1) is 22.7. The molecule has 164 valence electrons. The van der Waals surface area contributed by atoms with Gasteiger partial charge in [0.15, 0.2) is 0 Å². The molecule has 0 aromatic heterocycles. The van der Waals surface area contributed by atoms with Gasteiger partial charge >= 0.3 is 0 Å². The number of carbonyl (C=O) groups is 1. The van der Waals surface area contributed by atoms with Crippen molar-refractivity contribution in [3.8, 4) is 11.5 Å². The van der Waals surface area contributed by atoms with Crippen molar-refractivity contribution in [2.75, 3.05) is 19.0 Å². The largest absolute Gasteiger partial charge is 0.497 e. The van der Waals surface area contributed by atoms with E-state index in [0.717, 1.165) is 39.9 Å². The molecule has 0 fully saturated rings. The molecule has 0 bridgehead atoms. The molecule has 3 aromatic carbocycles. The van der Waals surface area contributed by atoms with E-state index in [1.165, 1.54) is 25.7 Å². The average molecular weight is 420 g/mol. The molecule has 4 nitrogen and oxygen atoms in total. The van der Waals surface area contributed by atoms with Crippen LogP contribution in [-0.4, -0.2) is 19.6 Å². The zero-order valence-corrected chi connectivity index (χ0v) is 18.8. The maximum Gasteiger partial charge on any atom is 0.231 e. The van der Waals surface area contributed by atoms with E-state index in [1.807, 2.05) is 61.5 Å². The van der Waals surface area contributed by atoms with Crippen LogP contribution in [0.15, 0.2) is 60.7 Å². The molecule has 1 atom stereocenters. The maximum atomic E-state index is 12.8. The quantitative estimate of drug-likeness (QED) is 0.342. The number of carbonyl (C=O) groups excluding carboxylic acids is 1. The zero-order chi connectivity index (χ0) is 22.1. The fraction of sp³-hybridized carbons (Fsp3) is 0.370. The van der Waals surface area contributed by atoms with Crippen LogP contribution in [0.25, 0.3) is 10.8 Å². The highest BCUT2D eigenvalue weighted by molar-refractivity contribution is 5.96. The minimum Gasteiger partial charge on any atom is -0.497 e. The molecule has 0 heterocycles. The Morgan fingerprint density at radius 2 is 1.68 bits per heavy atom. The van der Waals surface area contributed by atoms with Crippen LogP contribution < -0.4 is 14.8 Å². The lowest BCUT2D eigenvalue weighted by Gasteiger charge is -2.14. The van der Waals surface area contributed by atoms with Gasteiger partial charge in [0.25, 0.3) is 0 Å². The highest BCUT2D eigenvalue weighted by Crippen LogP contribution is 2.26. The molecule has 1 N–H and O–H groups in total. The van der Waals surface area contributed by atoms with Crippen LogP contribution in [0, 0.1) is 0 Å². The second-order valence-electron chi connectivity index (χ2n) is 7.97. The van der Waals surface area contributed by atoms with E-state index >= 15 is 0 Å². The van der Waals surface area contributed by atoms with E-state index in [0.29, 0.717) is 6.61 Å². The Morgan fingerprint density at radius 1 is 0.903 bits per heavy atom. The number of hydrogen-bond acceptors (Lipinski definition) is 3. The number of fused-ring (bicyclic) bond motifs is 1. The summed E-state index contributed by atoms with van der Waals surface area (Å²) in [5.41, 5.74) is 1.74. The summed E-state index contributed by atoms with van der Waals surface area (Å²) < 4.78 is 11.1. The van der Waals surface area contributed by atoms with Crippen LogP contribution in [0.3, 0.4) is 0 Å². The third-order valence-corrected chi connectivity index (χ3v) is 5.58. The van der Waals surface area contributed by atoms with Crippen LogP contribution in [0.5, 0.6) is 11.5 Å². The number of ether oxygens (including phenoxy) is 2. The van der Waals surface area contributed by atoms with Crippen LogP contribution in [0.2, 0.25) is 0 Å². The average Bonchev–Trinajstić information content (AvgIpc) is 2.80. The smallest absolute Gasteiger partial charge is 0.231 e. The number of benzene rings is 3. The number of methoxy groups -OCH3 is 1. The SMILES string of the molecule is CCCCCCCOc1cccc(NC(=O)[C@@H](C)c2ccc3cc(OC)ccc3c2)c1. The molecule has 31 heavy (non-hydrogen) atoms. The number of hydrogen-bond donors (Lipinski definition) is 1. The van der Waals surface area contributed by atoms with E-state index in [-0.39, 0.29) is 11.8 Å². The minimum atomic E-state index is -0.269. The van der Waals surface area contributed by atoms with Crippen LogP contribution in [-0.2, 0) is 4.79 Å². The first-order valence-corrected chi connectivity index (χ1v) is 11.2. The Labute approximate surface area is 185 Å². The molecule has 0 radical (unpaired) electrons. The summed E-state index contributed by atoms with van der Waals surface area (Å²) >= 11 is 0. The van der Waals surface area contributed by atoms with Crippen LogP contribution >= 0.6 is 0 Å². The molecular formula is C27H33NO3. The predicted molar refractivity (Wildman–Crippen MR) is 128 cm³/mol. The topological polar surface area (TPSA) is 47.6 Å². The lowest BCUT2D eigenvalue weighted by atomic mass is 9.97. The third-order valence-electron chi connectivity index (χ3n) is 5.58. The van der Waals surface area contributed by atoms with E-state index in [2.05, 4.69) is 18.3 Å². The van der Waals surface area contributed by atoms with Crippen molar-refractivity contribution in [1.82, 2.24) is 0 Å². The molecule has 0 saturated carbocycles. The fourth-order valence-corrected chi connectivity index (χ4v) is 3.60. The molecule has 1 amide bonds. The van der Waals surface area contributed by atoms with Crippen molar-refractivity contribution in [3.63, 3.8) is 0 Å². The lowest BCUT2D eigenvalue weighted by Crippen LogP contribution is -2.18. The molecule has 0 aliphatic carbocycles. The van der Waals surface area contributed by atoms with Gasteiger partial charge in [0.1, 0.15) is 11.5 Å². The standard InChI is InChI=1S/C27H33NO3/c1-4-5-6-7-8-16-31-26-11-9-10-24(19-26)28-27(29)20(2)21-12-13-23-18-25(30-3)15-14-22(23)17-21/h9-15,17-20H,4-8,16H2,1-3H3,(H,28,29)/t20-/m0/s1. The molecule has 0 aliphatic rings. The van der Waals surface area contributed by atoms with Gasteiger partial charge in [-0.1, -0.05) is 62.9 Å². The summed E-state index contributed by atoms with van der Waals surface area (Å²) in [5, 5.41) is 5.21. The predicted octanol–water partition coefficient (Wildman–Crippen LogP) is 6.94. The first-order valence-electron chi connectivity index (χ1n) is 11.2. The maximum absolute atomic E-state index is 12.8. The van der Waals surface area contributed by atoms with E-state index in [4.69, 9.17) is 9.47 Å². The third kappa shape index (κ3) is 6.48. The van der Waals surface area contributed by atoms with Crippen LogP contribution in [0.4, 0.5) is 5.69 Å². The molecule has 4 heteroatoms. The second-order valence-corrected chi connectivity index (χ2v) is 7.97. The minimum absolute atomic E-state index is 0.0374. The zero-order valence-electron chi connectivity index (χ0n) is 18.8. The summed E-state index contributed by atoms with van der Waals surface area (Å²) in [7, 11) is 1.66. The molecule has 0 unspecified atom stereocenters. The van der Waals surface area contributed by atoms with Gasteiger partial charge in [-0.25, -0.2) is 0 Å². The highest BCUT2D eigenvalue weighted by atomic mass is 16.5. The Balaban J connectivity index is 1.58. The molecular weight excluding hydrogens is 386 g/mol. The van der Waals surface area contributed by atoms with Crippen LogP contribution in [0.1, 0.15) is 57.4 Å². The molecule has 3 aromatic rings. The molecule has 0 saturated heterocycles. The van der Waals surface area contributed by atoms with Crippen molar-refractivity contribution in [3.05, 3.63) is 66.2 Å². The van der Waals surface area contributed by atoms with E-state index < -0.39 is 0 Å². The summed E-state index contributed by atoms with van der Waals surface area (Å²) in [6.45, 7) is 4.85. The summed E-state index contributed by atoms with van der Waals surface area (Å²) in [5.74, 6) is 1.31. The Hall–Kier alpha value is -3.01. The van der Waals surface area contributed by atoms with Crippen molar-refractivity contribution in [1.29, 1.82) is 0 Å². The van der Waals surface area contributed by atoms with Gasteiger partial charge in [0.2, 0.25) is 5.91 Å². The number of rotatable bonds is 11. The normalized spacial score (nSPS) is 11.8. The summed E-state index contributed by atoms with van der Waals surface area (Å²) in [4.78, 5) is 12.8. The van der Waals surface area contributed by atoms with Gasteiger partial charge in [-0.3, -0.25) is 4.79 Å². The van der Waals surface area contributed by atoms with Crippen molar-refractivity contribution >= 4 is 22.4 Å². The Kier molecular flexibility index (Phi) is 8.34. The molecule has 0 spiro atoms. The highest BCUT2D eigenvalue weighted by Gasteiger charge is 2.16. The molecule has 3 rings (SSSR count).